The lowest BCUT2D eigenvalue weighted by molar-refractivity contribution is -0.157. The van der Waals surface area contributed by atoms with Crippen molar-refractivity contribution in [3.63, 3.8) is 0 Å². The second-order valence-corrected chi connectivity index (χ2v) is 5.32. The number of amides is 1. The van der Waals surface area contributed by atoms with Gasteiger partial charge in [0.05, 0.1) is 6.26 Å². The number of carbonyl (C=O) groups is 2. The molecule has 1 aromatic rings. The maximum atomic E-state index is 12.4. The van der Waals surface area contributed by atoms with Crippen molar-refractivity contribution in [2.75, 3.05) is 6.54 Å². The lowest BCUT2D eigenvalue weighted by Crippen LogP contribution is -2.53. The molecule has 5 heteroatoms. The Morgan fingerprint density at radius 3 is 2.90 bits per heavy atom. The maximum absolute atomic E-state index is 12.4. The fraction of sp³-hybridized carbons (Fsp3) is 0.600. The van der Waals surface area contributed by atoms with Crippen molar-refractivity contribution < 1.29 is 19.1 Å². The molecule has 0 aromatic carbocycles. The zero-order valence-corrected chi connectivity index (χ0v) is 11.8. The standard InChI is InChI=1S/C15H21NO4/c1-2-8-15(14(18)19)9-4-10-16(15)13(17)7-6-12-5-3-11-20-12/h3,5,11H,2,4,6-10H2,1H3,(H,18,19). The van der Waals surface area contributed by atoms with Gasteiger partial charge in [-0.1, -0.05) is 13.3 Å². The smallest absolute Gasteiger partial charge is 0.329 e. The molecule has 1 saturated heterocycles. The Morgan fingerprint density at radius 2 is 2.30 bits per heavy atom. The highest BCUT2D eigenvalue weighted by molar-refractivity contribution is 5.87. The Kier molecular flexibility index (Phi) is 4.47. The Balaban J connectivity index is 2.05. The van der Waals surface area contributed by atoms with Gasteiger partial charge in [0.1, 0.15) is 11.3 Å². The van der Waals surface area contributed by atoms with E-state index in [2.05, 4.69) is 0 Å². The van der Waals surface area contributed by atoms with Crippen LogP contribution in [0.5, 0.6) is 0 Å². The minimum Gasteiger partial charge on any atom is -0.479 e. The molecule has 20 heavy (non-hydrogen) atoms. The molecule has 2 rings (SSSR count). The van der Waals surface area contributed by atoms with Crippen LogP contribution in [0.1, 0.15) is 44.8 Å². The van der Waals surface area contributed by atoms with Gasteiger partial charge < -0.3 is 14.4 Å². The number of furan rings is 1. The quantitative estimate of drug-likeness (QED) is 0.868. The Hall–Kier alpha value is -1.78. The molecule has 1 atom stereocenters. The van der Waals surface area contributed by atoms with Crippen LogP contribution in [0.3, 0.4) is 0 Å². The van der Waals surface area contributed by atoms with Crippen LogP contribution in [-0.4, -0.2) is 34.0 Å². The van der Waals surface area contributed by atoms with E-state index >= 15 is 0 Å². The van der Waals surface area contributed by atoms with Gasteiger partial charge in [0.2, 0.25) is 5.91 Å². The summed E-state index contributed by atoms with van der Waals surface area (Å²) in [5, 5.41) is 9.55. The van der Waals surface area contributed by atoms with Crippen molar-refractivity contribution in [2.45, 2.75) is 51.0 Å². The average molecular weight is 279 g/mol. The molecule has 0 bridgehead atoms. The van der Waals surface area contributed by atoms with Crippen molar-refractivity contribution in [3.05, 3.63) is 24.2 Å². The summed E-state index contributed by atoms with van der Waals surface area (Å²) < 4.78 is 5.21. The van der Waals surface area contributed by atoms with E-state index in [4.69, 9.17) is 4.42 Å². The Morgan fingerprint density at radius 1 is 1.50 bits per heavy atom. The first kappa shape index (κ1) is 14.6. The van der Waals surface area contributed by atoms with E-state index in [0.29, 0.717) is 32.2 Å². The number of aryl methyl sites for hydroxylation is 1. The van der Waals surface area contributed by atoms with E-state index < -0.39 is 11.5 Å². The number of hydrogen-bond acceptors (Lipinski definition) is 3. The maximum Gasteiger partial charge on any atom is 0.329 e. The molecule has 1 aliphatic rings. The molecule has 0 radical (unpaired) electrons. The largest absolute Gasteiger partial charge is 0.479 e. The predicted molar refractivity (Wildman–Crippen MR) is 73.3 cm³/mol. The highest BCUT2D eigenvalue weighted by Crippen LogP contribution is 2.34. The van der Waals surface area contributed by atoms with Gasteiger partial charge in [-0.2, -0.15) is 0 Å². The monoisotopic (exact) mass is 279 g/mol. The minimum atomic E-state index is -0.991. The van der Waals surface area contributed by atoms with Crippen LogP contribution in [-0.2, 0) is 16.0 Å². The topological polar surface area (TPSA) is 70.8 Å². The molecular weight excluding hydrogens is 258 g/mol. The highest BCUT2D eigenvalue weighted by atomic mass is 16.4. The third kappa shape index (κ3) is 2.71. The van der Waals surface area contributed by atoms with Crippen LogP contribution >= 0.6 is 0 Å². The molecule has 0 spiro atoms. The zero-order valence-electron chi connectivity index (χ0n) is 11.8. The number of rotatable bonds is 6. The number of carbonyl (C=O) groups excluding carboxylic acids is 1. The van der Waals surface area contributed by atoms with E-state index in [0.717, 1.165) is 18.6 Å². The van der Waals surface area contributed by atoms with Crippen molar-refractivity contribution in [1.29, 1.82) is 0 Å². The van der Waals surface area contributed by atoms with E-state index in [1.54, 1.807) is 17.2 Å². The number of carboxylic acids is 1. The SMILES string of the molecule is CCCC1(C(=O)O)CCCN1C(=O)CCc1ccco1. The summed E-state index contributed by atoms with van der Waals surface area (Å²) in [7, 11) is 0. The Labute approximate surface area is 118 Å². The molecule has 1 aliphatic heterocycles. The molecule has 2 heterocycles. The average Bonchev–Trinajstić information content (AvgIpc) is 3.06. The third-order valence-electron chi connectivity index (χ3n) is 4.02. The summed E-state index contributed by atoms with van der Waals surface area (Å²) >= 11 is 0. The van der Waals surface area contributed by atoms with Crippen molar-refractivity contribution >= 4 is 11.9 Å². The Bertz CT molecular complexity index is 468. The predicted octanol–water partition coefficient (Wildman–Crippen LogP) is 2.46. The third-order valence-corrected chi connectivity index (χ3v) is 4.02. The summed E-state index contributed by atoms with van der Waals surface area (Å²) in [6.07, 6.45) is 5.00. The van der Waals surface area contributed by atoms with E-state index in [-0.39, 0.29) is 5.91 Å². The van der Waals surface area contributed by atoms with Crippen molar-refractivity contribution in [3.8, 4) is 0 Å². The van der Waals surface area contributed by atoms with E-state index in [1.165, 1.54) is 0 Å². The van der Waals surface area contributed by atoms with Crippen LogP contribution in [0, 0.1) is 0 Å². The molecule has 1 unspecified atom stereocenters. The van der Waals surface area contributed by atoms with Crippen LogP contribution in [0.25, 0.3) is 0 Å². The molecule has 1 fully saturated rings. The van der Waals surface area contributed by atoms with Gasteiger partial charge in [-0.05, 0) is 31.4 Å². The molecule has 110 valence electrons. The molecule has 1 amide bonds. The molecule has 0 aliphatic carbocycles. The summed E-state index contributed by atoms with van der Waals surface area (Å²) in [5.41, 5.74) is -0.991. The first-order valence-electron chi connectivity index (χ1n) is 7.16. The van der Waals surface area contributed by atoms with Crippen LogP contribution in [0.4, 0.5) is 0 Å². The summed E-state index contributed by atoms with van der Waals surface area (Å²) in [6.45, 7) is 2.50. The molecule has 1 N–H and O–H groups in total. The van der Waals surface area contributed by atoms with Crippen molar-refractivity contribution in [1.82, 2.24) is 4.90 Å². The summed E-state index contributed by atoms with van der Waals surface area (Å²) in [6, 6.07) is 3.61. The summed E-state index contributed by atoms with van der Waals surface area (Å²) in [5.74, 6) is -0.202. The molecule has 0 saturated carbocycles. The van der Waals surface area contributed by atoms with E-state index in [1.807, 2.05) is 13.0 Å². The number of nitrogens with zero attached hydrogens (tertiary/aromatic N) is 1. The first-order valence-corrected chi connectivity index (χ1v) is 7.16. The van der Waals surface area contributed by atoms with Gasteiger partial charge in [0, 0.05) is 19.4 Å². The van der Waals surface area contributed by atoms with E-state index in [9.17, 15) is 14.7 Å². The second kappa shape index (κ2) is 6.11. The minimum absolute atomic E-state index is 0.0882. The number of carboxylic acid groups (broad SMARTS) is 1. The highest BCUT2D eigenvalue weighted by Gasteiger charge is 2.48. The lowest BCUT2D eigenvalue weighted by atomic mass is 9.90. The number of likely N-dealkylation sites (tertiary alicyclic amines) is 1. The van der Waals surface area contributed by atoms with Crippen molar-refractivity contribution in [2.24, 2.45) is 0 Å². The lowest BCUT2D eigenvalue weighted by Gasteiger charge is -2.34. The van der Waals surface area contributed by atoms with Gasteiger partial charge in [-0.3, -0.25) is 4.79 Å². The zero-order chi connectivity index (χ0) is 14.6. The molecular formula is C15H21NO4. The van der Waals surface area contributed by atoms with Gasteiger partial charge >= 0.3 is 5.97 Å². The fourth-order valence-corrected chi connectivity index (χ4v) is 3.06. The fourth-order valence-electron chi connectivity index (χ4n) is 3.06. The molecule has 1 aromatic heterocycles. The number of aliphatic carboxylic acids is 1. The molecule has 5 nitrogen and oxygen atoms in total. The first-order chi connectivity index (χ1) is 9.60. The van der Waals surface area contributed by atoms with Crippen LogP contribution in [0.2, 0.25) is 0 Å². The van der Waals surface area contributed by atoms with Crippen LogP contribution in [0.15, 0.2) is 22.8 Å². The van der Waals surface area contributed by atoms with Gasteiger partial charge in [0.25, 0.3) is 0 Å². The van der Waals surface area contributed by atoms with Gasteiger partial charge in [-0.25, -0.2) is 4.79 Å². The number of hydrogen-bond donors (Lipinski definition) is 1. The van der Waals surface area contributed by atoms with Gasteiger partial charge in [0.15, 0.2) is 0 Å². The van der Waals surface area contributed by atoms with Crippen LogP contribution < -0.4 is 0 Å². The normalized spacial score (nSPS) is 22.1. The second-order valence-electron chi connectivity index (χ2n) is 5.32. The van der Waals surface area contributed by atoms with Gasteiger partial charge in [-0.15, -0.1) is 0 Å². The summed E-state index contributed by atoms with van der Waals surface area (Å²) in [4.78, 5) is 25.6.